The summed E-state index contributed by atoms with van der Waals surface area (Å²) in [5.74, 6) is -1.89. The van der Waals surface area contributed by atoms with E-state index in [4.69, 9.17) is 4.74 Å². The first-order valence-corrected chi connectivity index (χ1v) is 10.3. The van der Waals surface area contributed by atoms with Crippen LogP contribution in [0.3, 0.4) is 0 Å². The number of nitrogens with one attached hydrogen (secondary N) is 1. The van der Waals surface area contributed by atoms with Crippen LogP contribution >= 0.6 is 11.7 Å². The molecule has 2 aromatic carbocycles. The van der Waals surface area contributed by atoms with Crippen molar-refractivity contribution < 1.29 is 27.5 Å². The lowest BCUT2D eigenvalue weighted by atomic mass is 10.2. The van der Waals surface area contributed by atoms with E-state index < -0.39 is 41.3 Å². The number of amides is 1. The maximum atomic E-state index is 13.1. The highest BCUT2D eigenvalue weighted by atomic mass is 32.1. The van der Waals surface area contributed by atoms with Crippen molar-refractivity contribution in [2.24, 2.45) is 0 Å². The van der Waals surface area contributed by atoms with Crippen molar-refractivity contribution in [3.63, 3.8) is 0 Å². The smallest absolute Gasteiger partial charge is 0.416 e. The van der Waals surface area contributed by atoms with E-state index in [9.17, 15) is 27.6 Å². The van der Waals surface area contributed by atoms with Gasteiger partial charge in [0.2, 0.25) is 11.1 Å². The molecule has 13 heteroatoms. The van der Waals surface area contributed by atoms with Crippen molar-refractivity contribution in [1.29, 1.82) is 0 Å². The standard InChI is InChI=1S/C21H14F3N5O4S/c1-11-8-16(30)19(26-29(11)13-5-2-4-12(9-13)21(22,23)24)20(32)33-10-17(31)25-14-6-3-7-15-18(14)28-34-27-15/h2-9H,10H2,1H3,(H,25,31). The minimum Gasteiger partial charge on any atom is -0.451 e. The molecule has 0 saturated heterocycles. The molecule has 0 saturated carbocycles. The Morgan fingerprint density at radius 3 is 2.65 bits per heavy atom. The third-order valence-corrected chi connectivity index (χ3v) is 5.16. The summed E-state index contributed by atoms with van der Waals surface area (Å²) in [6.45, 7) is 0.719. The number of carbonyl (C=O) groups excluding carboxylic acids is 2. The second-order valence-corrected chi connectivity index (χ2v) is 7.55. The lowest BCUT2D eigenvalue weighted by molar-refractivity contribution is -0.137. The number of carbonyl (C=O) groups is 2. The van der Waals surface area contributed by atoms with Gasteiger partial charge >= 0.3 is 12.1 Å². The highest BCUT2D eigenvalue weighted by molar-refractivity contribution is 7.00. The third-order valence-electron chi connectivity index (χ3n) is 4.61. The second kappa shape index (κ2) is 9.02. The summed E-state index contributed by atoms with van der Waals surface area (Å²) >= 11 is 0.970. The average molecular weight is 489 g/mol. The van der Waals surface area contributed by atoms with Gasteiger partial charge in [-0.25, -0.2) is 9.48 Å². The van der Waals surface area contributed by atoms with Crippen LogP contribution in [0.15, 0.2) is 53.3 Å². The zero-order valence-electron chi connectivity index (χ0n) is 17.3. The van der Waals surface area contributed by atoms with Gasteiger partial charge < -0.3 is 10.1 Å². The Morgan fingerprint density at radius 1 is 1.12 bits per heavy atom. The first-order valence-electron chi connectivity index (χ1n) is 9.60. The van der Waals surface area contributed by atoms with Gasteiger partial charge in [-0.05, 0) is 37.3 Å². The Kier molecular flexibility index (Phi) is 6.11. The molecule has 2 heterocycles. The number of hydrogen-bond donors (Lipinski definition) is 1. The van der Waals surface area contributed by atoms with Crippen LogP contribution in [0.1, 0.15) is 21.7 Å². The number of esters is 1. The van der Waals surface area contributed by atoms with Crippen LogP contribution in [0.5, 0.6) is 0 Å². The van der Waals surface area contributed by atoms with Gasteiger partial charge in [0.15, 0.2) is 6.61 Å². The number of anilines is 1. The zero-order valence-corrected chi connectivity index (χ0v) is 18.1. The van der Waals surface area contributed by atoms with Crippen LogP contribution in [-0.4, -0.2) is 37.0 Å². The average Bonchev–Trinajstić information content (AvgIpc) is 3.27. The number of rotatable bonds is 5. The summed E-state index contributed by atoms with van der Waals surface area (Å²) in [4.78, 5) is 36.9. The number of nitrogens with zero attached hydrogens (tertiary/aromatic N) is 4. The fraction of sp³-hybridized carbons (Fsp3) is 0.143. The summed E-state index contributed by atoms with van der Waals surface area (Å²) in [5.41, 5.74) is -0.794. The number of aromatic nitrogens is 4. The Morgan fingerprint density at radius 2 is 1.88 bits per heavy atom. The molecule has 0 atom stereocenters. The van der Waals surface area contributed by atoms with Crippen LogP contribution < -0.4 is 10.7 Å². The van der Waals surface area contributed by atoms with Crippen LogP contribution in [0.25, 0.3) is 16.7 Å². The quantitative estimate of drug-likeness (QED) is 0.428. The van der Waals surface area contributed by atoms with Gasteiger partial charge in [-0.15, -0.1) is 0 Å². The van der Waals surface area contributed by atoms with Gasteiger partial charge in [0.25, 0.3) is 5.91 Å². The molecule has 0 aliphatic rings. The summed E-state index contributed by atoms with van der Waals surface area (Å²) < 4.78 is 53.2. The molecule has 34 heavy (non-hydrogen) atoms. The Hall–Kier alpha value is -4.13. The van der Waals surface area contributed by atoms with E-state index in [1.54, 1.807) is 18.2 Å². The fourth-order valence-corrected chi connectivity index (χ4v) is 3.61. The number of halogens is 3. The first kappa shape index (κ1) is 23.0. The van der Waals surface area contributed by atoms with E-state index in [0.717, 1.165) is 34.6 Å². The molecule has 1 N–H and O–H groups in total. The number of fused-ring (bicyclic) bond motifs is 1. The maximum absolute atomic E-state index is 13.1. The van der Waals surface area contributed by atoms with Crippen molar-refractivity contribution in [2.75, 3.05) is 11.9 Å². The van der Waals surface area contributed by atoms with Gasteiger partial charge in [-0.2, -0.15) is 27.0 Å². The van der Waals surface area contributed by atoms with Crippen LogP contribution in [0, 0.1) is 6.92 Å². The van der Waals surface area contributed by atoms with Crippen LogP contribution in [0.2, 0.25) is 0 Å². The van der Waals surface area contributed by atoms with Crippen molar-refractivity contribution in [3.05, 3.63) is 75.7 Å². The van der Waals surface area contributed by atoms with Gasteiger partial charge in [0.05, 0.1) is 28.7 Å². The number of aryl methyl sites for hydroxylation is 1. The molecule has 4 aromatic rings. The molecule has 4 rings (SSSR count). The number of hydrogen-bond acceptors (Lipinski definition) is 8. The molecule has 0 radical (unpaired) electrons. The molecule has 0 aliphatic heterocycles. The molecule has 0 unspecified atom stereocenters. The predicted octanol–water partition coefficient (Wildman–Crippen LogP) is 3.36. The van der Waals surface area contributed by atoms with Crippen LogP contribution in [-0.2, 0) is 15.7 Å². The number of ether oxygens (including phenoxy) is 1. The van der Waals surface area contributed by atoms with E-state index in [1.165, 1.54) is 19.1 Å². The largest absolute Gasteiger partial charge is 0.451 e. The molecule has 0 fully saturated rings. The van der Waals surface area contributed by atoms with Gasteiger partial charge in [-0.3, -0.25) is 9.59 Å². The first-order chi connectivity index (χ1) is 16.1. The topological polar surface area (TPSA) is 116 Å². The number of benzene rings is 2. The number of alkyl halides is 3. The van der Waals surface area contributed by atoms with Crippen LogP contribution in [0.4, 0.5) is 18.9 Å². The minimum atomic E-state index is -4.59. The summed E-state index contributed by atoms with van der Waals surface area (Å²) in [5, 5.41) is 6.41. The SMILES string of the molecule is Cc1cc(=O)c(C(=O)OCC(=O)Nc2cccc3nsnc23)nn1-c1cccc(C(F)(F)F)c1. The highest BCUT2D eigenvalue weighted by Crippen LogP contribution is 2.30. The maximum Gasteiger partial charge on any atom is 0.416 e. The molecule has 9 nitrogen and oxygen atoms in total. The highest BCUT2D eigenvalue weighted by Gasteiger charge is 2.30. The Balaban J connectivity index is 1.52. The summed E-state index contributed by atoms with van der Waals surface area (Å²) in [6.07, 6.45) is -4.59. The molecule has 2 aromatic heterocycles. The monoisotopic (exact) mass is 489 g/mol. The van der Waals surface area contributed by atoms with Gasteiger partial charge in [0.1, 0.15) is 11.0 Å². The minimum absolute atomic E-state index is 0.0101. The summed E-state index contributed by atoms with van der Waals surface area (Å²) in [6, 6.07) is 10.3. The molecule has 0 spiro atoms. The third kappa shape index (κ3) is 4.78. The Labute approximate surface area is 193 Å². The molecule has 174 valence electrons. The van der Waals surface area contributed by atoms with Crippen molar-refractivity contribution in [2.45, 2.75) is 13.1 Å². The summed E-state index contributed by atoms with van der Waals surface area (Å²) in [7, 11) is 0. The van der Waals surface area contributed by atoms with Gasteiger partial charge in [0, 0.05) is 11.8 Å². The van der Waals surface area contributed by atoms with Gasteiger partial charge in [-0.1, -0.05) is 12.1 Å². The lowest BCUT2D eigenvalue weighted by Crippen LogP contribution is -2.27. The molecule has 0 aliphatic carbocycles. The van der Waals surface area contributed by atoms with Crippen molar-refractivity contribution in [3.8, 4) is 5.69 Å². The van der Waals surface area contributed by atoms with E-state index >= 15 is 0 Å². The molecular weight excluding hydrogens is 475 g/mol. The fourth-order valence-electron chi connectivity index (χ4n) is 3.06. The molecular formula is C21H14F3N5O4S. The van der Waals surface area contributed by atoms with E-state index in [-0.39, 0.29) is 11.4 Å². The van der Waals surface area contributed by atoms with Crippen molar-refractivity contribution in [1.82, 2.24) is 18.5 Å². The van der Waals surface area contributed by atoms with E-state index in [1.807, 2.05) is 0 Å². The second-order valence-electron chi connectivity index (χ2n) is 7.02. The normalized spacial score (nSPS) is 11.4. The van der Waals surface area contributed by atoms with Crippen molar-refractivity contribution >= 4 is 40.3 Å². The molecule has 0 bridgehead atoms. The Bertz CT molecular complexity index is 1460. The van der Waals surface area contributed by atoms with E-state index in [0.29, 0.717) is 16.7 Å². The predicted molar refractivity (Wildman–Crippen MR) is 116 cm³/mol. The van der Waals surface area contributed by atoms with E-state index in [2.05, 4.69) is 19.2 Å². The lowest BCUT2D eigenvalue weighted by Gasteiger charge is -2.13. The molecule has 1 amide bonds. The zero-order chi connectivity index (χ0) is 24.5.